The predicted octanol–water partition coefficient (Wildman–Crippen LogP) is 2.10. The molecule has 2 aromatic carbocycles. The number of para-hydroxylation sites is 3. The van der Waals surface area contributed by atoms with E-state index in [2.05, 4.69) is 10.2 Å². The molecule has 0 heterocycles. The van der Waals surface area contributed by atoms with Gasteiger partial charge in [0.25, 0.3) is 0 Å². The molecule has 2 rings (SSSR count). The maximum atomic E-state index is 12.3. The van der Waals surface area contributed by atoms with E-state index < -0.39 is 10.0 Å². The number of anilines is 2. The van der Waals surface area contributed by atoms with Crippen molar-refractivity contribution in [2.75, 3.05) is 49.3 Å². The lowest BCUT2D eigenvalue weighted by molar-refractivity contribution is -0.119. The maximum Gasteiger partial charge on any atom is 0.240 e. The van der Waals surface area contributed by atoms with Gasteiger partial charge in [-0.05, 0) is 30.7 Å². The van der Waals surface area contributed by atoms with Crippen LogP contribution in [0.2, 0.25) is 0 Å². The van der Waals surface area contributed by atoms with Crippen LogP contribution in [0, 0.1) is 0 Å². The number of benzene rings is 2. The molecule has 0 bridgehead atoms. The van der Waals surface area contributed by atoms with Gasteiger partial charge in [0.05, 0.1) is 19.1 Å². The Balaban J connectivity index is 1.90. The van der Waals surface area contributed by atoms with E-state index in [1.165, 1.54) is 7.11 Å². The van der Waals surface area contributed by atoms with E-state index in [1.54, 1.807) is 24.3 Å². The molecular weight excluding hydrogens is 378 g/mol. The zero-order chi connectivity index (χ0) is 20.6. The Bertz CT molecular complexity index is 872. The molecule has 0 unspecified atom stereocenters. The number of carbonyl (C=O) groups is 1. The molecule has 7 nitrogen and oxygen atoms in total. The van der Waals surface area contributed by atoms with Gasteiger partial charge in [0.1, 0.15) is 12.3 Å². The van der Waals surface area contributed by atoms with E-state index >= 15 is 0 Å². The summed E-state index contributed by atoms with van der Waals surface area (Å²) < 4.78 is 30.7. The van der Waals surface area contributed by atoms with Gasteiger partial charge in [0, 0.05) is 25.8 Å². The van der Waals surface area contributed by atoms with Gasteiger partial charge in [0.2, 0.25) is 15.9 Å². The summed E-state index contributed by atoms with van der Waals surface area (Å²) in [5.74, 6) is 0.0314. The molecule has 0 fully saturated rings. The van der Waals surface area contributed by atoms with Crippen LogP contribution < -0.4 is 19.3 Å². The number of hydrogen-bond acceptors (Lipinski definition) is 5. The van der Waals surface area contributed by atoms with Gasteiger partial charge in [0.15, 0.2) is 0 Å². The highest BCUT2D eigenvalue weighted by Crippen LogP contribution is 2.29. The highest BCUT2D eigenvalue weighted by Gasteiger charge is 2.23. The molecule has 152 valence electrons. The fourth-order valence-corrected chi connectivity index (χ4v) is 3.62. The molecule has 2 aromatic rings. The number of rotatable bonds is 10. The first kappa shape index (κ1) is 21.6. The number of sulfonamides is 1. The van der Waals surface area contributed by atoms with Crippen LogP contribution in [0.25, 0.3) is 0 Å². The summed E-state index contributed by atoms with van der Waals surface area (Å²) in [6.45, 7) is 0.930. The van der Waals surface area contributed by atoms with Crippen molar-refractivity contribution in [2.45, 2.75) is 6.42 Å². The monoisotopic (exact) mass is 405 g/mol. The summed E-state index contributed by atoms with van der Waals surface area (Å²) in [5, 5.41) is 2.79. The van der Waals surface area contributed by atoms with Crippen molar-refractivity contribution >= 4 is 27.3 Å². The summed E-state index contributed by atoms with van der Waals surface area (Å²) in [4.78, 5) is 14.4. The highest BCUT2D eigenvalue weighted by atomic mass is 32.2. The van der Waals surface area contributed by atoms with E-state index in [1.807, 2.05) is 37.4 Å². The lowest BCUT2D eigenvalue weighted by Crippen LogP contribution is -2.41. The average Bonchev–Trinajstić information content (AvgIpc) is 2.69. The summed E-state index contributed by atoms with van der Waals surface area (Å²) in [6, 6.07) is 16.7. The Morgan fingerprint density at radius 1 is 1.07 bits per heavy atom. The molecule has 1 amide bonds. The Morgan fingerprint density at radius 2 is 1.71 bits per heavy atom. The smallest absolute Gasteiger partial charge is 0.240 e. The van der Waals surface area contributed by atoms with Gasteiger partial charge < -0.3 is 15.0 Å². The number of amides is 1. The average molecular weight is 406 g/mol. The molecule has 0 saturated carbocycles. The summed E-state index contributed by atoms with van der Waals surface area (Å²) in [6.07, 6.45) is 1.81. The minimum atomic E-state index is -3.64. The summed E-state index contributed by atoms with van der Waals surface area (Å²) in [7, 11) is -0.190. The number of methoxy groups -OCH3 is 1. The van der Waals surface area contributed by atoms with Crippen LogP contribution >= 0.6 is 0 Å². The van der Waals surface area contributed by atoms with Gasteiger partial charge in [-0.15, -0.1) is 0 Å². The molecule has 0 aliphatic carbocycles. The second kappa shape index (κ2) is 9.98. The number of carbonyl (C=O) groups excluding carboxylic acids is 1. The number of hydrogen-bond donors (Lipinski definition) is 1. The van der Waals surface area contributed by atoms with Crippen molar-refractivity contribution in [1.29, 1.82) is 0 Å². The molecule has 1 N–H and O–H groups in total. The second-order valence-corrected chi connectivity index (χ2v) is 8.31. The minimum absolute atomic E-state index is 0.298. The summed E-state index contributed by atoms with van der Waals surface area (Å²) in [5.41, 5.74) is 1.44. The molecule has 0 saturated heterocycles. The van der Waals surface area contributed by atoms with Crippen LogP contribution in [-0.2, 0) is 14.8 Å². The molecule has 0 spiro atoms. The van der Waals surface area contributed by atoms with Crippen LogP contribution in [0.3, 0.4) is 0 Å². The van der Waals surface area contributed by atoms with Crippen molar-refractivity contribution in [2.24, 2.45) is 0 Å². The van der Waals surface area contributed by atoms with Crippen molar-refractivity contribution in [3.63, 3.8) is 0 Å². The van der Waals surface area contributed by atoms with Crippen molar-refractivity contribution in [3.05, 3.63) is 54.6 Å². The van der Waals surface area contributed by atoms with E-state index in [0.29, 0.717) is 18.0 Å². The Labute approximate surface area is 167 Å². The SMILES string of the molecule is COc1ccccc1N(CC(=O)NCCCN(C)c1ccccc1)S(C)(=O)=O. The largest absolute Gasteiger partial charge is 0.495 e. The minimum Gasteiger partial charge on any atom is -0.495 e. The van der Waals surface area contributed by atoms with Crippen LogP contribution in [-0.4, -0.2) is 54.4 Å². The van der Waals surface area contributed by atoms with Crippen molar-refractivity contribution in [1.82, 2.24) is 5.32 Å². The Hall–Kier alpha value is -2.74. The van der Waals surface area contributed by atoms with Gasteiger partial charge in [-0.1, -0.05) is 30.3 Å². The fraction of sp³-hybridized carbons (Fsp3) is 0.350. The molecule has 0 aromatic heterocycles. The number of nitrogens with one attached hydrogen (secondary N) is 1. The maximum absolute atomic E-state index is 12.3. The molecule has 0 aliphatic heterocycles. The second-order valence-electron chi connectivity index (χ2n) is 6.40. The fourth-order valence-electron chi connectivity index (χ4n) is 2.76. The third-order valence-corrected chi connectivity index (χ3v) is 5.36. The van der Waals surface area contributed by atoms with Gasteiger partial charge >= 0.3 is 0 Å². The highest BCUT2D eigenvalue weighted by molar-refractivity contribution is 7.92. The summed E-state index contributed by atoms with van der Waals surface area (Å²) >= 11 is 0. The molecule has 0 radical (unpaired) electrons. The normalized spacial score (nSPS) is 11.0. The topological polar surface area (TPSA) is 79.0 Å². The third-order valence-electron chi connectivity index (χ3n) is 4.23. The van der Waals surface area contributed by atoms with E-state index in [0.717, 1.165) is 29.2 Å². The van der Waals surface area contributed by atoms with Crippen LogP contribution in [0.4, 0.5) is 11.4 Å². The predicted molar refractivity (Wildman–Crippen MR) is 113 cm³/mol. The molecular formula is C20H27N3O4S. The molecule has 28 heavy (non-hydrogen) atoms. The Morgan fingerprint density at radius 3 is 2.36 bits per heavy atom. The lowest BCUT2D eigenvalue weighted by Gasteiger charge is -2.24. The quantitative estimate of drug-likeness (QED) is 0.613. The van der Waals surface area contributed by atoms with Crippen molar-refractivity contribution in [3.8, 4) is 5.75 Å². The van der Waals surface area contributed by atoms with Crippen LogP contribution in [0.1, 0.15) is 6.42 Å². The molecule has 8 heteroatoms. The van der Waals surface area contributed by atoms with Gasteiger partial charge in [-0.3, -0.25) is 9.10 Å². The van der Waals surface area contributed by atoms with Crippen molar-refractivity contribution < 1.29 is 17.9 Å². The first-order valence-corrected chi connectivity index (χ1v) is 10.8. The third kappa shape index (κ3) is 6.16. The molecule has 0 aliphatic rings. The number of nitrogens with zero attached hydrogens (tertiary/aromatic N) is 2. The zero-order valence-corrected chi connectivity index (χ0v) is 17.3. The van der Waals surface area contributed by atoms with Gasteiger partial charge in [-0.25, -0.2) is 8.42 Å². The zero-order valence-electron chi connectivity index (χ0n) is 16.5. The van der Waals surface area contributed by atoms with E-state index in [-0.39, 0.29) is 12.5 Å². The first-order chi connectivity index (χ1) is 13.3. The lowest BCUT2D eigenvalue weighted by atomic mass is 10.3. The van der Waals surface area contributed by atoms with E-state index in [9.17, 15) is 13.2 Å². The number of ether oxygens (including phenoxy) is 1. The van der Waals surface area contributed by atoms with E-state index in [4.69, 9.17) is 4.74 Å². The van der Waals surface area contributed by atoms with Crippen LogP contribution in [0.5, 0.6) is 5.75 Å². The Kier molecular flexibility index (Phi) is 7.69. The van der Waals surface area contributed by atoms with Crippen LogP contribution in [0.15, 0.2) is 54.6 Å². The molecule has 0 atom stereocenters. The van der Waals surface area contributed by atoms with Gasteiger partial charge in [-0.2, -0.15) is 0 Å². The standard InChI is InChI=1S/C20H27N3O4S/c1-22(17-10-5-4-6-11-17)15-9-14-21-20(24)16-23(28(3,25)26)18-12-7-8-13-19(18)27-2/h4-8,10-13H,9,14-16H2,1-3H3,(H,21,24). The first-order valence-electron chi connectivity index (χ1n) is 8.96.